The Morgan fingerprint density at radius 2 is 1.95 bits per heavy atom. The highest BCUT2D eigenvalue weighted by molar-refractivity contribution is 5.92. The molecule has 0 saturated carbocycles. The summed E-state index contributed by atoms with van der Waals surface area (Å²) in [4.78, 5) is 17.8. The van der Waals surface area contributed by atoms with Crippen LogP contribution in [0, 0.1) is 11.8 Å². The fourth-order valence-corrected chi connectivity index (χ4v) is 2.21. The standard InChI is InChI=1S/C15H25N3O/c1-12(2)13(6-9-16)4-5-15(19)18(3)14-7-10-17-11-8-14/h7-8,10-13H,4-6,9,16H2,1-3H3. The number of carbonyl (C=O) groups is 1. The lowest BCUT2D eigenvalue weighted by Crippen LogP contribution is -2.27. The van der Waals surface area contributed by atoms with E-state index in [4.69, 9.17) is 5.73 Å². The quantitative estimate of drug-likeness (QED) is 0.822. The van der Waals surface area contributed by atoms with E-state index in [9.17, 15) is 4.79 Å². The van der Waals surface area contributed by atoms with E-state index in [1.165, 1.54) is 0 Å². The van der Waals surface area contributed by atoms with Crippen LogP contribution in [0.2, 0.25) is 0 Å². The van der Waals surface area contributed by atoms with Crippen molar-refractivity contribution < 1.29 is 4.79 Å². The first-order valence-electron chi connectivity index (χ1n) is 6.93. The summed E-state index contributed by atoms with van der Waals surface area (Å²) in [6.45, 7) is 5.08. The van der Waals surface area contributed by atoms with Gasteiger partial charge in [-0.25, -0.2) is 0 Å². The molecule has 4 nitrogen and oxygen atoms in total. The van der Waals surface area contributed by atoms with Crippen molar-refractivity contribution in [3.63, 3.8) is 0 Å². The second-order valence-corrected chi connectivity index (χ2v) is 5.28. The average molecular weight is 263 g/mol. The van der Waals surface area contributed by atoms with E-state index in [1.54, 1.807) is 17.3 Å². The molecule has 1 heterocycles. The molecule has 0 aliphatic carbocycles. The maximum absolute atomic E-state index is 12.1. The molecule has 0 fully saturated rings. The number of nitrogens with zero attached hydrogens (tertiary/aromatic N) is 2. The third kappa shape index (κ3) is 4.99. The van der Waals surface area contributed by atoms with Crippen molar-refractivity contribution in [1.82, 2.24) is 4.98 Å². The zero-order valence-electron chi connectivity index (χ0n) is 12.2. The van der Waals surface area contributed by atoms with Crippen LogP contribution in [-0.4, -0.2) is 24.5 Å². The number of anilines is 1. The molecular formula is C15H25N3O. The minimum atomic E-state index is 0.147. The number of nitrogens with two attached hydrogens (primary N) is 1. The highest BCUT2D eigenvalue weighted by Gasteiger charge is 2.16. The molecule has 1 unspecified atom stereocenters. The number of carbonyl (C=O) groups excluding carboxylic acids is 1. The van der Waals surface area contributed by atoms with Gasteiger partial charge in [0.25, 0.3) is 0 Å². The molecule has 0 aliphatic rings. The molecule has 1 aromatic rings. The minimum absolute atomic E-state index is 0.147. The SMILES string of the molecule is CC(C)C(CCN)CCC(=O)N(C)c1ccncc1. The van der Waals surface area contributed by atoms with E-state index < -0.39 is 0 Å². The predicted octanol–water partition coefficient (Wildman–Crippen LogP) is 2.45. The second kappa shape index (κ2) is 7.89. The Bertz CT molecular complexity index is 378. The molecule has 4 heteroatoms. The van der Waals surface area contributed by atoms with Gasteiger partial charge in [-0.05, 0) is 43.4 Å². The molecule has 1 rings (SSSR count). The van der Waals surface area contributed by atoms with E-state index >= 15 is 0 Å². The van der Waals surface area contributed by atoms with Crippen molar-refractivity contribution in [2.24, 2.45) is 17.6 Å². The number of hydrogen-bond donors (Lipinski definition) is 1. The third-order valence-electron chi connectivity index (χ3n) is 3.63. The Labute approximate surface area is 116 Å². The number of rotatable bonds is 7. The smallest absolute Gasteiger partial charge is 0.226 e. The molecule has 0 spiro atoms. The van der Waals surface area contributed by atoms with Crippen LogP contribution in [0.4, 0.5) is 5.69 Å². The predicted molar refractivity (Wildman–Crippen MR) is 78.9 cm³/mol. The second-order valence-electron chi connectivity index (χ2n) is 5.28. The Kier molecular flexibility index (Phi) is 6.50. The third-order valence-corrected chi connectivity index (χ3v) is 3.63. The summed E-state index contributed by atoms with van der Waals surface area (Å²) in [7, 11) is 1.81. The van der Waals surface area contributed by atoms with Crippen LogP contribution >= 0.6 is 0 Å². The topological polar surface area (TPSA) is 59.2 Å². The number of pyridine rings is 1. The zero-order chi connectivity index (χ0) is 14.3. The maximum Gasteiger partial charge on any atom is 0.226 e. The van der Waals surface area contributed by atoms with E-state index in [1.807, 2.05) is 19.2 Å². The van der Waals surface area contributed by atoms with Gasteiger partial charge in [-0.15, -0.1) is 0 Å². The molecular weight excluding hydrogens is 238 g/mol. The fourth-order valence-electron chi connectivity index (χ4n) is 2.21. The van der Waals surface area contributed by atoms with Crippen LogP contribution in [0.25, 0.3) is 0 Å². The monoisotopic (exact) mass is 263 g/mol. The largest absolute Gasteiger partial charge is 0.330 e. The van der Waals surface area contributed by atoms with Crippen molar-refractivity contribution in [3.8, 4) is 0 Å². The van der Waals surface area contributed by atoms with Gasteiger partial charge in [0.1, 0.15) is 0 Å². The number of amides is 1. The first-order valence-corrected chi connectivity index (χ1v) is 6.93. The summed E-state index contributed by atoms with van der Waals surface area (Å²) in [5.41, 5.74) is 6.51. The van der Waals surface area contributed by atoms with Crippen molar-refractivity contribution in [1.29, 1.82) is 0 Å². The van der Waals surface area contributed by atoms with E-state index in [0.29, 0.717) is 24.8 Å². The van der Waals surface area contributed by atoms with Crippen LogP contribution < -0.4 is 10.6 Å². The first-order chi connectivity index (χ1) is 9.06. The van der Waals surface area contributed by atoms with Crippen LogP contribution in [-0.2, 0) is 4.79 Å². The zero-order valence-corrected chi connectivity index (χ0v) is 12.2. The summed E-state index contributed by atoms with van der Waals surface area (Å²) in [5.74, 6) is 1.25. The van der Waals surface area contributed by atoms with Gasteiger partial charge in [-0.1, -0.05) is 13.8 Å². The molecule has 0 saturated heterocycles. The fraction of sp³-hybridized carbons (Fsp3) is 0.600. The summed E-state index contributed by atoms with van der Waals surface area (Å²) >= 11 is 0. The van der Waals surface area contributed by atoms with E-state index in [0.717, 1.165) is 18.5 Å². The molecule has 1 aromatic heterocycles. The van der Waals surface area contributed by atoms with Gasteiger partial charge in [0.2, 0.25) is 5.91 Å². The van der Waals surface area contributed by atoms with Gasteiger partial charge in [0.15, 0.2) is 0 Å². The van der Waals surface area contributed by atoms with Crippen LogP contribution in [0.1, 0.15) is 33.1 Å². The summed E-state index contributed by atoms with van der Waals surface area (Å²) in [5, 5.41) is 0. The van der Waals surface area contributed by atoms with Gasteiger partial charge in [-0.3, -0.25) is 9.78 Å². The Hall–Kier alpha value is -1.42. The van der Waals surface area contributed by atoms with Gasteiger partial charge in [0, 0.05) is 31.5 Å². The molecule has 0 aliphatic heterocycles. The number of hydrogen-bond acceptors (Lipinski definition) is 3. The Morgan fingerprint density at radius 1 is 1.32 bits per heavy atom. The minimum Gasteiger partial charge on any atom is -0.330 e. The number of aromatic nitrogens is 1. The van der Waals surface area contributed by atoms with Gasteiger partial charge in [0.05, 0.1) is 0 Å². The van der Waals surface area contributed by atoms with Crippen molar-refractivity contribution in [2.45, 2.75) is 33.1 Å². The summed E-state index contributed by atoms with van der Waals surface area (Å²) in [6.07, 6.45) is 5.86. The Balaban J connectivity index is 2.50. The highest BCUT2D eigenvalue weighted by atomic mass is 16.2. The molecule has 1 amide bonds. The highest BCUT2D eigenvalue weighted by Crippen LogP contribution is 2.21. The summed E-state index contributed by atoms with van der Waals surface area (Å²) in [6, 6.07) is 3.69. The van der Waals surface area contributed by atoms with Crippen molar-refractivity contribution in [3.05, 3.63) is 24.5 Å². The molecule has 0 aromatic carbocycles. The van der Waals surface area contributed by atoms with Crippen molar-refractivity contribution >= 4 is 11.6 Å². The lowest BCUT2D eigenvalue weighted by Gasteiger charge is -2.22. The first kappa shape index (κ1) is 15.6. The summed E-state index contributed by atoms with van der Waals surface area (Å²) < 4.78 is 0. The normalized spacial score (nSPS) is 12.5. The Morgan fingerprint density at radius 3 is 2.47 bits per heavy atom. The molecule has 19 heavy (non-hydrogen) atoms. The van der Waals surface area contributed by atoms with Crippen LogP contribution in [0.15, 0.2) is 24.5 Å². The van der Waals surface area contributed by atoms with Gasteiger partial charge >= 0.3 is 0 Å². The van der Waals surface area contributed by atoms with Crippen molar-refractivity contribution in [2.75, 3.05) is 18.5 Å². The molecule has 0 radical (unpaired) electrons. The van der Waals surface area contributed by atoms with Gasteiger partial charge < -0.3 is 10.6 Å². The van der Waals surface area contributed by atoms with E-state index in [-0.39, 0.29) is 5.91 Å². The molecule has 1 atom stereocenters. The molecule has 2 N–H and O–H groups in total. The van der Waals surface area contributed by atoms with Gasteiger partial charge in [-0.2, -0.15) is 0 Å². The van der Waals surface area contributed by atoms with E-state index in [2.05, 4.69) is 18.8 Å². The molecule has 106 valence electrons. The molecule has 0 bridgehead atoms. The average Bonchev–Trinajstić information content (AvgIpc) is 2.42. The maximum atomic E-state index is 12.1. The lowest BCUT2D eigenvalue weighted by molar-refractivity contribution is -0.118. The lowest BCUT2D eigenvalue weighted by atomic mass is 9.88. The van der Waals surface area contributed by atoms with Crippen LogP contribution in [0.5, 0.6) is 0 Å². The van der Waals surface area contributed by atoms with Crippen LogP contribution in [0.3, 0.4) is 0 Å².